The van der Waals surface area contributed by atoms with E-state index in [2.05, 4.69) is 20.9 Å². The molecule has 1 aliphatic carbocycles. The number of carbonyl (C=O) groups is 3. The number of nitrogens with one attached hydrogen (secondary N) is 3. The normalized spacial score (nSPS) is 15.1. The van der Waals surface area contributed by atoms with Gasteiger partial charge in [0.1, 0.15) is 11.6 Å². The van der Waals surface area contributed by atoms with Crippen molar-refractivity contribution in [1.29, 1.82) is 0 Å². The number of hydrogen-bond acceptors (Lipinski definition) is 5. The maximum atomic E-state index is 13.4. The molecule has 2 aliphatic rings. The van der Waals surface area contributed by atoms with Crippen LogP contribution in [0.1, 0.15) is 35.2 Å². The van der Waals surface area contributed by atoms with Gasteiger partial charge in [0.05, 0.1) is 12.7 Å². The van der Waals surface area contributed by atoms with Crippen LogP contribution in [0.2, 0.25) is 0 Å². The third-order valence-corrected chi connectivity index (χ3v) is 7.29. The zero-order valence-corrected chi connectivity index (χ0v) is 23.0. The van der Waals surface area contributed by atoms with Crippen molar-refractivity contribution in [3.8, 4) is 5.75 Å². The Labute approximate surface area is 238 Å². The fourth-order valence-electron chi connectivity index (χ4n) is 4.78. The number of halogens is 1. The molecule has 3 N–H and O–H groups in total. The van der Waals surface area contributed by atoms with Crippen LogP contribution < -0.4 is 25.6 Å². The second kappa shape index (κ2) is 12.7. The number of amides is 4. The number of urea groups is 1. The van der Waals surface area contributed by atoms with Crippen LogP contribution in [-0.2, 0) is 11.3 Å². The van der Waals surface area contributed by atoms with Gasteiger partial charge in [0.2, 0.25) is 5.91 Å². The Morgan fingerprint density at radius 3 is 2.32 bits per heavy atom. The van der Waals surface area contributed by atoms with Gasteiger partial charge in [-0.3, -0.25) is 9.59 Å². The molecule has 0 spiro atoms. The minimum Gasteiger partial charge on any atom is -0.497 e. The molecule has 0 radical (unpaired) electrons. The van der Waals surface area contributed by atoms with Crippen molar-refractivity contribution in [2.24, 2.45) is 5.92 Å². The van der Waals surface area contributed by atoms with E-state index < -0.39 is 0 Å². The highest BCUT2D eigenvalue weighted by Gasteiger charge is 2.30. The minimum absolute atomic E-state index is 0.0334. The van der Waals surface area contributed by atoms with E-state index >= 15 is 0 Å². The maximum Gasteiger partial charge on any atom is 0.321 e. The van der Waals surface area contributed by atoms with Crippen molar-refractivity contribution in [2.45, 2.75) is 25.8 Å². The molecule has 1 aliphatic heterocycles. The number of carbonyl (C=O) groups excluding carboxylic acids is 3. The molecule has 4 amide bonds. The van der Waals surface area contributed by atoms with Crippen molar-refractivity contribution in [3.63, 3.8) is 0 Å². The van der Waals surface area contributed by atoms with E-state index in [9.17, 15) is 18.8 Å². The molecule has 41 heavy (non-hydrogen) atoms. The highest BCUT2D eigenvalue weighted by atomic mass is 19.1. The summed E-state index contributed by atoms with van der Waals surface area (Å²) >= 11 is 0. The Hall–Kier alpha value is -4.60. The third kappa shape index (κ3) is 7.33. The molecular formula is C31H34FN5O4. The number of benzene rings is 3. The Morgan fingerprint density at radius 2 is 1.61 bits per heavy atom. The van der Waals surface area contributed by atoms with Crippen molar-refractivity contribution in [1.82, 2.24) is 10.2 Å². The van der Waals surface area contributed by atoms with E-state index in [1.807, 2.05) is 12.1 Å². The molecule has 1 heterocycles. The van der Waals surface area contributed by atoms with Crippen LogP contribution in [0.5, 0.6) is 5.75 Å². The quantitative estimate of drug-likeness (QED) is 0.366. The minimum atomic E-state index is -0.339. The van der Waals surface area contributed by atoms with Crippen molar-refractivity contribution >= 4 is 34.9 Å². The third-order valence-electron chi connectivity index (χ3n) is 7.29. The molecule has 9 nitrogen and oxygen atoms in total. The van der Waals surface area contributed by atoms with Gasteiger partial charge in [-0.05, 0) is 79.4 Å². The van der Waals surface area contributed by atoms with E-state index in [4.69, 9.17) is 4.74 Å². The first-order valence-electron chi connectivity index (χ1n) is 13.8. The predicted octanol–water partition coefficient (Wildman–Crippen LogP) is 4.86. The summed E-state index contributed by atoms with van der Waals surface area (Å²) in [4.78, 5) is 42.7. The molecule has 214 valence electrons. The Balaban J connectivity index is 1.29. The van der Waals surface area contributed by atoms with Crippen LogP contribution in [-0.4, -0.2) is 56.0 Å². The Morgan fingerprint density at radius 1 is 0.878 bits per heavy atom. The summed E-state index contributed by atoms with van der Waals surface area (Å²) in [6, 6.07) is 18.3. The molecule has 0 bridgehead atoms. The topological polar surface area (TPSA) is 103 Å². The molecular weight excluding hydrogens is 525 g/mol. The van der Waals surface area contributed by atoms with E-state index in [0.717, 1.165) is 24.1 Å². The van der Waals surface area contributed by atoms with E-state index in [0.29, 0.717) is 55.3 Å². The number of nitrogens with zero attached hydrogens (tertiary/aromatic N) is 2. The van der Waals surface area contributed by atoms with Crippen LogP contribution in [0, 0.1) is 11.7 Å². The molecule has 0 unspecified atom stereocenters. The smallest absolute Gasteiger partial charge is 0.321 e. The standard InChI is InChI=1S/C31H34FN5O4/c1-41-26-12-9-24(10-13-26)35-31(40)37-16-2-15-36(17-18-37)28-14-11-25(34-29(38)22-5-6-22)19-27(28)30(39)33-20-21-3-7-23(32)8-4-21/h3-4,7-14,19,22H,2,5-6,15-18,20H2,1H3,(H,33,39)(H,34,38)(H,35,40). The number of methoxy groups -OCH3 is 1. The zero-order chi connectivity index (χ0) is 28.8. The van der Waals surface area contributed by atoms with Crippen LogP contribution in [0.4, 0.5) is 26.2 Å². The van der Waals surface area contributed by atoms with Gasteiger partial charge in [-0.1, -0.05) is 12.1 Å². The molecule has 10 heteroatoms. The van der Waals surface area contributed by atoms with Gasteiger partial charge in [-0.25, -0.2) is 9.18 Å². The average molecular weight is 560 g/mol. The number of anilines is 3. The van der Waals surface area contributed by atoms with Gasteiger partial charge in [-0.2, -0.15) is 0 Å². The number of hydrogen-bond donors (Lipinski definition) is 3. The first-order chi connectivity index (χ1) is 19.9. The van der Waals surface area contributed by atoms with Crippen molar-refractivity contribution < 1.29 is 23.5 Å². The summed E-state index contributed by atoms with van der Waals surface area (Å²) in [5, 5.41) is 8.79. The van der Waals surface area contributed by atoms with Gasteiger partial charge in [0.15, 0.2) is 0 Å². The molecule has 3 aromatic rings. The molecule has 5 rings (SSSR count). The van der Waals surface area contributed by atoms with Gasteiger partial charge in [0, 0.05) is 55.7 Å². The van der Waals surface area contributed by atoms with Crippen molar-refractivity contribution in [2.75, 3.05) is 48.8 Å². The Kier molecular flexibility index (Phi) is 8.67. The van der Waals surface area contributed by atoms with Gasteiger partial charge >= 0.3 is 6.03 Å². The number of rotatable bonds is 8. The fourth-order valence-corrected chi connectivity index (χ4v) is 4.78. The molecule has 1 saturated heterocycles. The van der Waals surface area contributed by atoms with E-state index in [1.165, 1.54) is 12.1 Å². The summed E-state index contributed by atoms with van der Waals surface area (Å²) in [5.74, 6) is 0.0679. The summed E-state index contributed by atoms with van der Waals surface area (Å²) < 4.78 is 18.5. The first kappa shape index (κ1) is 27.9. The van der Waals surface area contributed by atoms with Gasteiger partial charge < -0.3 is 30.5 Å². The molecule has 0 aromatic heterocycles. The van der Waals surface area contributed by atoms with Gasteiger partial charge in [-0.15, -0.1) is 0 Å². The van der Waals surface area contributed by atoms with E-state index in [1.54, 1.807) is 54.5 Å². The zero-order valence-electron chi connectivity index (χ0n) is 23.0. The van der Waals surface area contributed by atoms with E-state index in [-0.39, 0.29) is 36.1 Å². The van der Waals surface area contributed by atoms with Crippen LogP contribution >= 0.6 is 0 Å². The lowest BCUT2D eigenvalue weighted by Gasteiger charge is -2.26. The number of ether oxygens (including phenoxy) is 1. The monoisotopic (exact) mass is 559 g/mol. The summed E-state index contributed by atoms with van der Waals surface area (Å²) in [6.45, 7) is 2.45. The second-order valence-electron chi connectivity index (χ2n) is 10.3. The highest BCUT2D eigenvalue weighted by Crippen LogP contribution is 2.31. The van der Waals surface area contributed by atoms with Crippen molar-refractivity contribution in [3.05, 3.63) is 83.7 Å². The lowest BCUT2D eigenvalue weighted by Crippen LogP contribution is -2.38. The van der Waals surface area contributed by atoms with Crippen LogP contribution in [0.15, 0.2) is 66.7 Å². The lowest BCUT2D eigenvalue weighted by atomic mass is 10.1. The Bertz CT molecular complexity index is 1390. The SMILES string of the molecule is COc1ccc(NC(=O)N2CCCN(c3ccc(NC(=O)C4CC4)cc3C(=O)NCc3ccc(F)cc3)CC2)cc1. The van der Waals surface area contributed by atoms with Crippen LogP contribution in [0.25, 0.3) is 0 Å². The van der Waals surface area contributed by atoms with Crippen LogP contribution in [0.3, 0.4) is 0 Å². The summed E-state index contributed by atoms with van der Waals surface area (Å²) in [7, 11) is 1.59. The summed E-state index contributed by atoms with van der Waals surface area (Å²) in [5.41, 5.74) is 3.17. The largest absolute Gasteiger partial charge is 0.497 e. The average Bonchev–Trinajstić information content (AvgIpc) is 3.85. The molecule has 2 fully saturated rings. The summed E-state index contributed by atoms with van der Waals surface area (Å²) in [6.07, 6.45) is 2.48. The fraction of sp³-hybridized carbons (Fsp3) is 0.323. The highest BCUT2D eigenvalue weighted by molar-refractivity contribution is 6.02. The maximum absolute atomic E-state index is 13.4. The lowest BCUT2D eigenvalue weighted by molar-refractivity contribution is -0.117. The predicted molar refractivity (Wildman–Crippen MR) is 156 cm³/mol. The molecule has 0 atom stereocenters. The molecule has 1 saturated carbocycles. The first-order valence-corrected chi connectivity index (χ1v) is 13.8. The molecule has 3 aromatic carbocycles. The van der Waals surface area contributed by atoms with Gasteiger partial charge in [0.25, 0.3) is 5.91 Å². The second-order valence-corrected chi connectivity index (χ2v) is 10.3.